The molecule has 1 aromatic rings. The SMILES string of the molecule is N#Cc1ccc(N2CCC(OCC3CCOC3)CC2)cc1C(F)(F)F. The van der Waals surface area contributed by atoms with Crippen molar-refractivity contribution in [1.29, 1.82) is 5.26 Å². The van der Waals surface area contributed by atoms with Crippen molar-refractivity contribution in [3.05, 3.63) is 29.3 Å². The standard InChI is InChI=1S/C18H21F3N2O2/c19-18(20,21)17-9-15(2-1-14(17)10-22)23-6-3-16(4-7-23)25-12-13-5-8-24-11-13/h1-2,9,13,16H,3-8,11-12H2. The summed E-state index contributed by atoms with van der Waals surface area (Å²) >= 11 is 0. The van der Waals surface area contributed by atoms with Gasteiger partial charge in [-0.25, -0.2) is 0 Å². The Morgan fingerprint density at radius 2 is 2.00 bits per heavy atom. The highest BCUT2D eigenvalue weighted by atomic mass is 19.4. The molecule has 4 nitrogen and oxygen atoms in total. The minimum atomic E-state index is -4.52. The molecule has 2 aliphatic rings. The Kier molecular flexibility index (Phi) is 5.50. The normalized spacial score (nSPS) is 22.2. The van der Waals surface area contributed by atoms with Crippen LogP contribution in [0.25, 0.3) is 0 Å². The van der Waals surface area contributed by atoms with Crippen LogP contribution in [-0.2, 0) is 15.7 Å². The molecule has 2 fully saturated rings. The highest BCUT2D eigenvalue weighted by Gasteiger charge is 2.34. The molecule has 0 aromatic heterocycles. The fourth-order valence-corrected chi connectivity index (χ4v) is 3.33. The summed E-state index contributed by atoms with van der Waals surface area (Å²) in [6.07, 6.45) is -1.77. The van der Waals surface area contributed by atoms with E-state index in [4.69, 9.17) is 14.7 Å². The summed E-state index contributed by atoms with van der Waals surface area (Å²) in [5, 5.41) is 8.88. The quantitative estimate of drug-likeness (QED) is 0.829. The van der Waals surface area contributed by atoms with Crippen LogP contribution in [0.5, 0.6) is 0 Å². The lowest BCUT2D eigenvalue weighted by atomic mass is 10.0. The lowest BCUT2D eigenvalue weighted by Gasteiger charge is -2.34. The van der Waals surface area contributed by atoms with E-state index in [1.165, 1.54) is 6.07 Å². The Hall–Kier alpha value is -1.78. The lowest BCUT2D eigenvalue weighted by molar-refractivity contribution is -0.137. The van der Waals surface area contributed by atoms with E-state index in [-0.39, 0.29) is 11.7 Å². The molecule has 25 heavy (non-hydrogen) atoms. The van der Waals surface area contributed by atoms with Gasteiger partial charge in [0.05, 0.1) is 36.5 Å². The minimum Gasteiger partial charge on any atom is -0.381 e. The molecular formula is C18H21F3N2O2. The number of halogens is 3. The van der Waals surface area contributed by atoms with E-state index < -0.39 is 11.7 Å². The van der Waals surface area contributed by atoms with E-state index in [1.54, 1.807) is 12.1 Å². The van der Waals surface area contributed by atoms with Crippen LogP contribution in [0, 0.1) is 17.2 Å². The van der Waals surface area contributed by atoms with Crippen LogP contribution in [0.1, 0.15) is 30.4 Å². The first kappa shape index (κ1) is 18.0. The maximum atomic E-state index is 13.1. The number of ether oxygens (including phenoxy) is 2. The Bertz CT molecular complexity index is 628. The predicted molar refractivity (Wildman–Crippen MR) is 86.3 cm³/mol. The summed E-state index contributed by atoms with van der Waals surface area (Å²) in [4.78, 5) is 1.93. The zero-order valence-electron chi connectivity index (χ0n) is 13.9. The van der Waals surface area contributed by atoms with Gasteiger partial charge in [-0.3, -0.25) is 0 Å². The first-order chi connectivity index (χ1) is 12.0. The third-order valence-electron chi connectivity index (χ3n) is 4.83. The van der Waals surface area contributed by atoms with E-state index in [0.717, 1.165) is 38.5 Å². The van der Waals surface area contributed by atoms with Gasteiger partial charge in [-0.1, -0.05) is 0 Å². The number of rotatable bonds is 4. The van der Waals surface area contributed by atoms with E-state index in [1.807, 2.05) is 4.90 Å². The number of piperidine rings is 1. The van der Waals surface area contributed by atoms with Gasteiger partial charge in [-0.15, -0.1) is 0 Å². The van der Waals surface area contributed by atoms with Crippen LogP contribution < -0.4 is 4.90 Å². The summed E-state index contributed by atoms with van der Waals surface area (Å²) in [6.45, 7) is 3.54. The molecule has 1 aromatic carbocycles. The lowest BCUT2D eigenvalue weighted by Crippen LogP contribution is -2.37. The highest BCUT2D eigenvalue weighted by Crippen LogP contribution is 2.35. The third-order valence-corrected chi connectivity index (χ3v) is 4.83. The average molecular weight is 354 g/mol. The summed E-state index contributed by atoms with van der Waals surface area (Å²) in [5.74, 6) is 0.464. The van der Waals surface area contributed by atoms with E-state index in [2.05, 4.69) is 0 Å². The summed E-state index contributed by atoms with van der Waals surface area (Å²) in [5.41, 5.74) is -0.700. The molecule has 0 amide bonds. The minimum absolute atomic E-state index is 0.150. The van der Waals surface area contributed by atoms with Crippen LogP contribution >= 0.6 is 0 Å². The van der Waals surface area contributed by atoms with Gasteiger partial charge in [0, 0.05) is 31.3 Å². The number of alkyl halides is 3. The first-order valence-electron chi connectivity index (χ1n) is 8.53. The molecule has 2 heterocycles. The van der Waals surface area contributed by atoms with Crippen molar-refractivity contribution >= 4 is 5.69 Å². The largest absolute Gasteiger partial charge is 0.417 e. The molecule has 0 radical (unpaired) electrons. The van der Waals surface area contributed by atoms with Crippen molar-refractivity contribution in [1.82, 2.24) is 0 Å². The van der Waals surface area contributed by atoms with Crippen LogP contribution in [0.4, 0.5) is 18.9 Å². The fraction of sp³-hybridized carbons (Fsp3) is 0.611. The Labute approximate surface area is 145 Å². The number of nitriles is 1. The van der Waals surface area contributed by atoms with Crippen molar-refractivity contribution in [2.45, 2.75) is 31.5 Å². The molecular weight excluding hydrogens is 333 g/mol. The number of hydrogen-bond donors (Lipinski definition) is 0. The van der Waals surface area contributed by atoms with Gasteiger partial charge < -0.3 is 14.4 Å². The van der Waals surface area contributed by atoms with E-state index >= 15 is 0 Å². The highest BCUT2D eigenvalue weighted by molar-refractivity contribution is 5.55. The van der Waals surface area contributed by atoms with Crippen LogP contribution in [0.2, 0.25) is 0 Å². The van der Waals surface area contributed by atoms with Crippen LogP contribution in [0.15, 0.2) is 18.2 Å². The molecule has 0 aliphatic carbocycles. The van der Waals surface area contributed by atoms with Gasteiger partial charge in [-0.2, -0.15) is 18.4 Å². The second-order valence-corrected chi connectivity index (χ2v) is 6.59. The monoisotopic (exact) mass is 354 g/mol. The molecule has 1 unspecified atom stereocenters. The first-order valence-corrected chi connectivity index (χ1v) is 8.53. The maximum Gasteiger partial charge on any atom is 0.417 e. The van der Waals surface area contributed by atoms with Crippen molar-refractivity contribution in [3.63, 3.8) is 0 Å². The van der Waals surface area contributed by atoms with Gasteiger partial charge in [0.25, 0.3) is 0 Å². The molecule has 2 saturated heterocycles. The van der Waals surface area contributed by atoms with E-state index in [0.29, 0.717) is 31.3 Å². The second kappa shape index (κ2) is 7.63. The van der Waals surface area contributed by atoms with Gasteiger partial charge in [-0.05, 0) is 37.5 Å². The van der Waals surface area contributed by atoms with Crippen LogP contribution in [0.3, 0.4) is 0 Å². The number of nitrogens with zero attached hydrogens (tertiary/aromatic N) is 2. The Morgan fingerprint density at radius 1 is 1.24 bits per heavy atom. The molecule has 7 heteroatoms. The molecule has 0 bridgehead atoms. The van der Waals surface area contributed by atoms with Gasteiger partial charge in [0.1, 0.15) is 0 Å². The smallest absolute Gasteiger partial charge is 0.381 e. The Balaban J connectivity index is 1.58. The van der Waals surface area contributed by atoms with Crippen molar-refractivity contribution in [2.75, 3.05) is 37.8 Å². The molecule has 136 valence electrons. The summed E-state index contributed by atoms with van der Waals surface area (Å²) < 4.78 is 50.5. The van der Waals surface area contributed by atoms with Crippen molar-refractivity contribution in [2.24, 2.45) is 5.92 Å². The maximum absolute atomic E-state index is 13.1. The van der Waals surface area contributed by atoms with Gasteiger partial charge in [0.2, 0.25) is 0 Å². The Morgan fingerprint density at radius 3 is 2.60 bits per heavy atom. The predicted octanol–water partition coefficient (Wildman–Crippen LogP) is 3.60. The fourth-order valence-electron chi connectivity index (χ4n) is 3.33. The van der Waals surface area contributed by atoms with Crippen LogP contribution in [-0.4, -0.2) is 39.0 Å². The molecule has 1 atom stereocenters. The number of anilines is 1. The average Bonchev–Trinajstić information content (AvgIpc) is 3.13. The molecule has 0 spiro atoms. The van der Waals surface area contributed by atoms with Crippen molar-refractivity contribution < 1.29 is 22.6 Å². The molecule has 2 aliphatic heterocycles. The second-order valence-electron chi connectivity index (χ2n) is 6.59. The molecule has 0 saturated carbocycles. The molecule has 0 N–H and O–H groups in total. The summed E-state index contributed by atoms with van der Waals surface area (Å²) in [7, 11) is 0. The summed E-state index contributed by atoms with van der Waals surface area (Å²) in [6, 6.07) is 5.53. The van der Waals surface area contributed by atoms with Gasteiger partial charge in [0.15, 0.2) is 0 Å². The zero-order valence-corrected chi connectivity index (χ0v) is 13.9. The molecule has 3 rings (SSSR count). The zero-order chi connectivity index (χ0) is 17.9. The van der Waals surface area contributed by atoms with Crippen molar-refractivity contribution in [3.8, 4) is 6.07 Å². The number of benzene rings is 1. The number of hydrogen-bond acceptors (Lipinski definition) is 4. The topological polar surface area (TPSA) is 45.5 Å². The third kappa shape index (κ3) is 4.44. The van der Waals surface area contributed by atoms with Gasteiger partial charge >= 0.3 is 6.18 Å². The van der Waals surface area contributed by atoms with E-state index in [9.17, 15) is 13.2 Å².